The van der Waals surface area contributed by atoms with Gasteiger partial charge in [-0.25, -0.2) is 19.9 Å². The second kappa shape index (κ2) is 12.0. The molecule has 0 saturated heterocycles. The number of thiophene rings is 3. The lowest BCUT2D eigenvalue weighted by Gasteiger charge is -2.15. The van der Waals surface area contributed by atoms with Gasteiger partial charge in [0.2, 0.25) is 0 Å². The van der Waals surface area contributed by atoms with Crippen LogP contribution in [0.25, 0.3) is 75.7 Å². The molecule has 49 heavy (non-hydrogen) atoms. The first-order valence-electron chi connectivity index (χ1n) is 16.2. The van der Waals surface area contributed by atoms with Crippen LogP contribution in [0.4, 0.5) is 0 Å². The molecule has 0 bridgehead atoms. The summed E-state index contributed by atoms with van der Waals surface area (Å²) in [5.41, 5.74) is 7.53. The molecular formula is C40H34N6S3. The third-order valence-electron chi connectivity index (χ3n) is 8.31. The minimum absolute atomic E-state index is 0.0514. The fraction of sp³-hybridized carbons (Fsp3) is 0.200. The zero-order chi connectivity index (χ0) is 33.9. The highest BCUT2D eigenvalue weighted by atomic mass is 32.1. The topological polar surface area (TPSA) is 77.3 Å². The molecule has 8 rings (SSSR count). The number of aromatic nitrogens is 6. The number of hydrogen-bond donors (Lipinski definition) is 0. The summed E-state index contributed by atoms with van der Waals surface area (Å²) in [7, 11) is 0. The molecule has 9 heteroatoms. The Morgan fingerprint density at radius 1 is 0.469 bits per heavy atom. The summed E-state index contributed by atoms with van der Waals surface area (Å²) in [5, 5.41) is 0. The molecule has 7 aromatic heterocycles. The summed E-state index contributed by atoms with van der Waals surface area (Å²) in [6.07, 6.45) is 3.57. The zero-order valence-electron chi connectivity index (χ0n) is 28.1. The van der Waals surface area contributed by atoms with E-state index in [0.29, 0.717) is 17.0 Å². The average molecular weight is 695 g/mol. The third kappa shape index (κ3) is 5.86. The van der Waals surface area contributed by atoms with Crippen LogP contribution in [0.2, 0.25) is 0 Å². The van der Waals surface area contributed by atoms with Crippen molar-refractivity contribution in [3.8, 4) is 53.4 Å². The Bertz CT molecular complexity index is 2460. The predicted molar refractivity (Wildman–Crippen MR) is 206 cm³/mol. The van der Waals surface area contributed by atoms with E-state index in [1.165, 1.54) is 19.5 Å². The summed E-state index contributed by atoms with van der Waals surface area (Å²) in [5.74, 6) is 0. The molecule has 0 aliphatic rings. The molecule has 1 aromatic carbocycles. The Labute approximate surface area is 297 Å². The SMILES string of the molecule is CC(C)(C)c1ccc(-c2sc(-c3ccc(C(C)(C)C)s3)c3nc4nc(-c5cccnc5-c5ccccn5)c(-c5ccccc5)nc4nc23)s1. The Kier molecular flexibility index (Phi) is 7.74. The number of nitrogens with zero attached hydrogens (tertiary/aromatic N) is 6. The maximum atomic E-state index is 5.30. The predicted octanol–water partition coefficient (Wildman–Crippen LogP) is 11.5. The number of hydrogen-bond acceptors (Lipinski definition) is 9. The average Bonchev–Trinajstić information content (AvgIpc) is 3.87. The summed E-state index contributed by atoms with van der Waals surface area (Å²) in [6, 6.07) is 28.9. The van der Waals surface area contributed by atoms with Gasteiger partial charge < -0.3 is 0 Å². The maximum absolute atomic E-state index is 5.30. The van der Waals surface area contributed by atoms with E-state index in [4.69, 9.17) is 24.9 Å². The molecule has 8 aromatic rings. The smallest absolute Gasteiger partial charge is 0.199 e. The zero-order valence-corrected chi connectivity index (χ0v) is 30.6. The highest BCUT2D eigenvalue weighted by molar-refractivity contribution is 7.28. The van der Waals surface area contributed by atoms with Gasteiger partial charge in [-0.1, -0.05) is 77.9 Å². The van der Waals surface area contributed by atoms with Crippen molar-refractivity contribution in [1.29, 1.82) is 0 Å². The van der Waals surface area contributed by atoms with E-state index in [-0.39, 0.29) is 10.8 Å². The van der Waals surface area contributed by atoms with Gasteiger partial charge in [-0.15, -0.1) is 34.0 Å². The first-order valence-corrected chi connectivity index (χ1v) is 18.7. The lowest BCUT2D eigenvalue weighted by atomic mass is 9.95. The van der Waals surface area contributed by atoms with Crippen molar-refractivity contribution >= 4 is 56.3 Å². The summed E-state index contributed by atoms with van der Waals surface area (Å²) >= 11 is 5.41. The quantitative estimate of drug-likeness (QED) is 0.178. The minimum atomic E-state index is 0.0514. The number of pyridine rings is 2. The lowest BCUT2D eigenvalue weighted by molar-refractivity contribution is 0.603. The van der Waals surface area contributed by atoms with Gasteiger partial charge in [-0.3, -0.25) is 9.97 Å². The lowest BCUT2D eigenvalue weighted by Crippen LogP contribution is -2.07. The van der Waals surface area contributed by atoms with Crippen molar-refractivity contribution in [2.45, 2.75) is 52.4 Å². The van der Waals surface area contributed by atoms with Crippen LogP contribution < -0.4 is 0 Å². The number of fused-ring (bicyclic) bond motifs is 2. The first-order chi connectivity index (χ1) is 23.5. The molecule has 0 aliphatic carbocycles. The van der Waals surface area contributed by atoms with Crippen LogP contribution >= 0.6 is 34.0 Å². The van der Waals surface area contributed by atoms with Crippen LogP contribution in [0.5, 0.6) is 0 Å². The Morgan fingerprint density at radius 3 is 1.59 bits per heavy atom. The maximum Gasteiger partial charge on any atom is 0.199 e. The van der Waals surface area contributed by atoms with Gasteiger partial charge in [0.15, 0.2) is 11.3 Å². The van der Waals surface area contributed by atoms with Crippen molar-refractivity contribution in [3.63, 3.8) is 0 Å². The normalized spacial score (nSPS) is 12.3. The minimum Gasteiger partial charge on any atom is -0.255 e. The summed E-state index contributed by atoms with van der Waals surface area (Å²) in [6.45, 7) is 13.5. The van der Waals surface area contributed by atoms with Crippen molar-refractivity contribution in [3.05, 3.63) is 107 Å². The summed E-state index contributed by atoms with van der Waals surface area (Å²) < 4.78 is 0. The van der Waals surface area contributed by atoms with Gasteiger partial charge in [-0.2, -0.15) is 0 Å². The third-order valence-corrected chi connectivity index (χ3v) is 12.9. The van der Waals surface area contributed by atoms with Crippen molar-refractivity contribution in [1.82, 2.24) is 29.9 Å². The van der Waals surface area contributed by atoms with Gasteiger partial charge in [0.25, 0.3) is 0 Å². The highest BCUT2D eigenvalue weighted by Gasteiger charge is 2.26. The van der Waals surface area contributed by atoms with Gasteiger partial charge in [0, 0.05) is 43.0 Å². The molecule has 0 saturated carbocycles. The van der Waals surface area contributed by atoms with E-state index >= 15 is 0 Å². The first kappa shape index (κ1) is 31.6. The fourth-order valence-corrected chi connectivity index (χ4v) is 9.28. The van der Waals surface area contributed by atoms with Crippen molar-refractivity contribution in [2.24, 2.45) is 0 Å². The van der Waals surface area contributed by atoms with Crippen LogP contribution in [0, 0.1) is 0 Å². The number of benzene rings is 1. The van der Waals surface area contributed by atoms with Crippen molar-refractivity contribution < 1.29 is 0 Å². The van der Waals surface area contributed by atoms with E-state index in [9.17, 15) is 0 Å². The summed E-state index contributed by atoms with van der Waals surface area (Å²) in [4.78, 5) is 37.7. The van der Waals surface area contributed by atoms with Gasteiger partial charge in [0.1, 0.15) is 16.7 Å². The largest absolute Gasteiger partial charge is 0.255 e. The number of rotatable bonds is 5. The van der Waals surface area contributed by atoms with Crippen LogP contribution in [0.1, 0.15) is 51.3 Å². The molecule has 0 N–H and O–H groups in total. The fourth-order valence-electron chi connectivity index (χ4n) is 5.75. The van der Waals surface area contributed by atoms with E-state index in [2.05, 4.69) is 82.9 Å². The molecule has 0 atom stereocenters. The van der Waals surface area contributed by atoms with E-state index in [1.54, 1.807) is 23.7 Å². The molecule has 0 amide bonds. The van der Waals surface area contributed by atoms with Crippen molar-refractivity contribution in [2.75, 3.05) is 0 Å². The van der Waals surface area contributed by atoms with E-state index in [0.717, 1.165) is 49.0 Å². The monoisotopic (exact) mass is 694 g/mol. The Hall–Kier alpha value is -4.70. The van der Waals surface area contributed by atoms with Crippen LogP contribution in [-0.4, -0.2) is 29.9 Å². The van der Waals surface area contributed by atoms with Gasteiger partial charge in [0.05, 0.1) is 26.8 Å². The molecule has 6 nitrogen and oxygen atoms in total. The molecule has 242 valence electrons. The second-order valence-corrected chi connectivity index (χ2v) is 17.2. The molecule has 0 spiro atoms. The molecule has 0 radical (unpaired) electrons. The molecule has 0 unspecified atom stereocenters. The Balaban J connectivity index is 1.41. The van der Waals surface area contributed by atoms with E-state index in [1.807, 2.05) is 71.2 Å². The molecule has 0 fully saturated rings. The molecule has 0 aliphatic heterocycles. The van der Waals surface area contributed by atoms with E-state index < -0.39 is 0 Å². The second-order valence-electron chi connectivity index (χ2n) is 14.1. The molecule has 7 heterocycles. The van der Waals surface area contributed by atoms with Crippen LogP contribution in [0.15, 0.2) is 97.3 Å². The standard InChI is InChI=1S/C40H34N6S3/c1-39(2,3)28-19-17-26(47-28)35-33-34(36(49-35)27-18-20-29(48-27)40(4,5)6)46-38-37(45-33)43-30(23-13-8-7-9-14-23)32(44-38)24-15-12-22-42-31(24)25-16-10-11-21-41-25/h7-22H,1-6H3. The van der Waals surface area contributed by atoms with Crippen LogP contribution in [0.3, 0.4) is 0 Å². The van der Waals surface area contributed by atoms with Gasteiger partial charge in [-0.05, 0) is 59.4 Å². The molecular weight excluding hydrogens is 661 g/mol. The highest BCUT2D eigenvalue weighted by Crippen LogP contribution is 2.48. The Morgan fingerprint density at radius 2 is 1.04 bits per heavy atom. The van der Waals surface area contributed by atoms with Crippen LogP contribution in [-0.2, 0) is 10.8 Å². The van der Waals surface area contributed by atoms with Gasteiger partial charge >= 0.3 is 0 Å².